The SMILES string of the molecule is CCCC12CCC3C4(C)CCC(OC(=O)CC(C)(C)C(=O)O)C(C)(C)C4CCC3(C)C1(C)CCC1(Cc3nnc(-c4ccc(Cl)cc4)n3CCN)CC(=O)C(C(C)C)=C12. The van der Waals surface area contributed by atoms with E-state index in [-0.39, 0.29) is 50.9 Å². The highest BCUT2D eigenvalue weighted by Gasteiger charge is 2.74. The average Bonchev–Trinajstić information content (AvgIpc) is 3.68. The van der Waals surface area contributed by atoms with Crippen LogP contribution in [0.25, 0.3) is 11.4 Å². The van der Waals surface area contributed by atoms with Gasteiger partial charge in [-0.2, -0.15) is 0 Å². The van der Waals surface area contributed by atoms with Crippen LogP contribution in [0.4, 0.5) is 0 Å². The fraction of sp³-hybridized carbons (Fsp3) is 0.735. The van der Waals surface area contributed by atoms with Gasteiger partial charge in [0.25, 0.3) is 0 Å². The summed E-state index contributed by atoms with van der Waals surface area (Å²) < 4.78 is 8.44. The zero-order chi connectivity index (χ0) is 43.1. The molecule has 324 valence electrons. The molecule has 0 radical (unpaired) electrons. The molecule has 5 aliphatic carbocycles. The number of carbonyl (C=O) groups excluding carboxylic acids is 2. The molecule has 5 aliphatic rings. The van der Waals surface area contributed by atoms with Gasteiger partial charge >= 0.3 is 11.9 Å². The first-order valence-electron chi connectivity index (χ1n) is 22.7. The van der Waals surface area contributed by atoms with E-state index in [4.69, 9.17) is 32.3 Å². The van der Waals surface area contributed by atoms with Gasteiger partial charge in [0.2, 0.25) is 0 Å². The number of nitrogens with zero attached hydrogens (tertiary/aromatic N) is 3. The molecule has 8 unspecified atom stereocenters. The van der Waals surface area contributed by atoms with Gasteiger partial charge in [-0.3, -0.25) is 14.4 Å². The second-order valence-electron chi connectivity index (χ2n) is 21.9. The molecule has 8 atom stereocenters. The van der Waals surface area contributed by atoms with E-state index in [1.807, 2.05) is 24.3 Å². The van der Waals surface area contributed by atoms with Gasteiger partial charge < -0.3 is 20.1 Å². The Kier molecular flexibility index (Phi) is 11.3. The Balaban J connectivity index is 1.26. The van der Waals surface area contributed by atoms with Gasteiger partial charge in [0.15, 0.2) is 11.6 Å². The summed E-state index contributed by atoms with van der Waals surface area (Å²) in [6, 6.07) is 7.75. The Bertz CT molecular complexity index is 2020. The van der Waals surface area contributed by atoms with Crippen molar-refractivity contribution in [1.29, 1.82) is 0 Å². The third-order valence-corrected chi connectivity index (χ3v) is 18.1. The number of hydrogen-bond acceptors (Lipinski definition) is 7. The number of esters is 1. The fourth-order valence-electron chi connectivity index (χ4n) is 15.0. The van der Waals surface area contributed by atoms with E-state index in [2.05, 4.69) is 60.0 Å². The number of Topliss-reactive ketones (excluding diaryl/α,β-unsaturated/α-hetero) is 1. The van der Waals surface area contributed by atoms with Gasteiger partial charge in [-0.05, 0) is 146 Å². The van der Waals surface area contributed by atoms with Gasteiger partial charge in [0.1, 0.15) is 11.9 Å². The Labute approximate surface area is 358 Å². The summed E-state index contributed by atoms with van der Waals surface area (Å²) in [6.07, 6.45) is 11.0. The molecule has 0 spiro atoms. The van der Waals surface area contributed by atoms with E-state index in [0.29, 0.717) is 48.6 Å². The fourth-order valence-corrected chi connectivity index (χ4v) is 15.1. The van der Waals surface area contributed by atoms with Gasteiger partial charge in [-0.25, -0.2) is 0 Å². The Morgan fingerprint density at radius 1 is 0.983 bits per heavy atom. The zero-order valence-corrected chi connectivity index (χ0v) is 38.4. The van der Waals surface area contributed by atoms with Crippen molar-refractivity contribution in [2.24, 2.45) is 61.4 Å². The van der Waals surface area contributed by atoms with Crippen molar-refractivity contribution in [3.63, 3.8) is 0 Å². The van der Waals surface area contributed by atoms with E-state index < -0.39 is 17.4 Å². The van der Waals surface area contributed by atoms with Crippen molar-refractivity contribution >= 4 is 29.3 Å². The molecule has 9 nitrogen and oxygen atoms in total. The third-order valence-electron chi connectivity index (χ3n) is 17.8. The molecule has 2 aromatic rings. The minimum absolute atomic E-state index is 0.0327. The second-order valence-corrected chi connectivity index (χ2v) is 22.3. The Morgan fingerprint density at radius 2 is 1.66 bits per heavy atom. The van der Waals surface area contributed by atoms with Crippen LogP contribution in [0.5, 0.6) is 0 Å². The van der Waals surface area contributed by atoms with Crippen LogP contribution in [0.1, 0.15) is 152 Å². The third kappa shape index (κ3) is 6.59. The maximum Gasteiger partial charge on any atom is 0.309 e. The number of carboxylic acid groups (broad SMARTS) is 1. The Hall–Kier alpha value is -3.04. The minimum Gasteiger partial charge on any atom is -0.481 e. The summed E-state index contributed by atoms with van der Waals surface area (Å²) in [5, 5.41) is 20.0. The lowest BCUT2D eigenvalue weighted by Gasteiger charge is -2.75. The predicted octanol–water partition coefficient (Wildman–Crippen LogP) is 10.7. The summed E-state index contributed by atoms with van der Waals surface area (Å²) in [6.45, 7) is 23.4. The highest BCUT2D eigenvalue weighted by Crippen LogP contribution is 2.81. The van der Waals surface area contributed by atoms with E-state index in [1.54, 1.807) is 13.8 Å². The Morgan fingerprint density at radius 3 is 2.29 bits per heavy atom. The molecular formula is C49H71ClN4O5. The maximum absolute atomic E-state index is 14.7. The number of fused-ring (bicyclic) bond motifs is 7. The lowest BCUT2D eigenvalue weighted by molar-refractivity contribution is -0.253. The van der Waals surface area contributed by atoms with E-state index in [1.165, 1.54) is 5.57 Å². The molecule has 0 aliphatic heterocycles. The topological polar surface area (TPSA) is 137 Å². The molecule has 59 heavy (non-hydrogen) atoms. The number of benzene rings is 1. The quantitative estimate of drug-likeness (QED) is 0.202. The first kappa shape index (κ1) is 44.0. The number of ketones is 1. The number of hydrogen-bond donors (Lipinski definition) is 2. The first-order valence-corrected chi connectivity index (χ1v) is 23.0. The number of ether oxygens (including phenoxy) is 1. The molecule has 0 saturated heterocycles. The van der Waals surface area contributed by atoms with Crippen LogP contribution in [-0.4, -0.2) is 50.2 Å². The molecule has 10 heteroatoms. The van der Waals surface area contributed by atoms with Crippen molar-refractivity contribution in [1.82, 2.24) is 14.8 Å². The number of rotatable bonds is 12. The van der Waals surface area contributed by atoms with Gasteiger partial charge in [-0.15, -0.1) is 10.2 Å². The molecule has 1 heterocycles. The number of aliphatic carboxylic acids is 1. The monoisotopic (exact) mass is 831 g/mol. The van der Waals surface area contributed by atoms with Crippen LogP contribution >= 0.6 is 11.6 Å². The van der Waals surface area contributed by atoms with Crippen LogP contribution in [0.3, 0.4) is 0 Å². The van der Waals surface area contributed by atoms with Crippen molar-refractivity contribution < 1.29 is 24.2 Å². The average molecular weight is 832 g/mol. The highest BCUT2D eigenvalue weighted by molar-refractivity contribution is 6.30. The molecule has 1 aromatic carbocycles. The van der Waals surface area contributed by atoms with Crippen LogP contribution in [-0.2, 0) is 32.1 Å². The van der Waals surface area contributed by atoms with E-state index in [0.717, 1.165) is 87.0 Å². The molecule has 0 bridgehead atoms. The largest absolute Gasteiger partial charge is 0.481 e. The van der Waals surface area contributed by atoms with Crippen molar-refractivity contribution in [3.8, 4) is 11.4 Å². The maximum atomic E-state index is 14.7. The van der Waals surface area contributed by atoms with Crippen LogP contribution < -0.4 is 5.73 Å². The molecule has 0 amide bonds. The summed E-state index contributed by atoms with van der Waals surface area (Å²) in [5.74, 6) is 1.58. The normalized spacial score (nSPS) is 35.2. The van der Waals surface area contributed by atoms with Crippen LogP contribution in [0, 0.1) is 55.7 Å². The van der Waals surface area contributed by atoms with Crippen LogP contribution in [0.15, 0.2) is 35.4 Å². The van der Waals surface area contributed by atoms with E-state index >= 15 is 0 Å². The molecule has 4 fully saturated rings. The highest BCUT2D eigenvalue weighted by atomic mass is 35.5. The molecule has 7 rings (SSSR count). The van der Waals surface area contributed by atoms with Gasteiger partial charge in [-0.1, -0.05) is 73.4 Å². The number of allylic oxidation sites excluding steroid dienone is 2. The number of halogens is 1. The summed E-state index contributed by atoms with van der Waals surface area (Å²) in [5.41, 5.74) is 7.92. The summed E-state index contributed by atoms with van der Waals surface area (Å²) in [4.78, 5) is 39.8. The second kappa shape index (κ2) is 15.1. The standard InChI is InChI=1S/C49H71ClN4O5/c1-11-19-49-22-17-35-45(8)20-18-36(59-38(56)29-43(4,5)42(57)58)44(6,7)34(45)16-21-46(35,9)47(49,10)23-24-48(27-33(55)39(30(2)3)40(48)49)28-37-52-53-41(54(37)26-25-51)31-12-14-32(50)15-13-31/h12-15,30,34-36H,11,16-29,51H2,1-10H3,(H,57,58). The smallest absolute Gasteiger partial charge is 0.309 e. The van der Waals surface area contributed by atoms with Crippen molar-refractivity contribution in [2.45, 2.75) is 165 Å². The van der Waals surface area contributed by atoms with Gasteiger partial charge in [0.05, 0.1) is 11.8 Å². The van der Waals surface area contributed by atoms with E-state index in [9.17, 15) is 19.5 Å². The summed E-state index contributed by atoms with van der Waals surface area (Å²) >= 11 is 6.28. The predicted molar refractivity (Wildman–Crippen MR) is 232 cm³/mol. The summed E-state index contributed by atoms with van der Waals surface area (Å²) in [7, 11) is 0. The number of carbonyl (C=O) groups is 3. The number of nitrogens with two attached hydrogens (primary N) is 1. The molecule has 1 aromatic heterocycles. The number of aromatic nitrogens is 3. The van der Waals surface area contributed by atoms with Crippen molar-refractivity contribution in [3.05, 3.63) is 46.3 Å². The zero-order valence-electron chi connectivity index (χ0n) is 37.6. The lowest BCUT2D eigenvalue weighted by atomic mass is 9.29. The molecule has 3 N–H and O–H groups in total. The van der Waals surface area contributed by atoms with Gasteiger partial charge in [0, 0.05) is 47.3 Å². The minimum atomic E-state index is -1.17. The van der Waals surface area contributed by atoms with Crippen molar-refractivity contribution in [2.75, 3.05) is 6.54 Å². The molecule has 4 saturated carbocycles. The lowest BCUT2D eigenvalue weighted by Crippen LogP contribution is -2.68. The molecular weight excluding hydrogens is 760 g/mol. The van der Waals surface area contributed by atoms with Crippen LogP contribution in [0.2, 0.25) is 5.02 Å². The first-order chi connectivity index (χ1) is 27.6. The number of carboxylic acids is 1.